The molecule has 3 aromatic rings. The third-order valence-corrected chi connectivity index (χ3v) is 3.89. The fourth-order valence-electron chi connectivity index (χ4n) is 1.61. The van der Waals surface area contributed by atoms with Gasteiger partial charge in [-0.05, 0) is 39.7 Å². The number of imidazole rings is 2. The molecule has 6 nitrogen and oxygen atoms in total. The summed E-state index contributed by atoms with van der Waals surface area (Å²) in [5, 5.41) is 0.528. The van der Waals surface area contributed by atoms with Gasteiger partial charge in [0.25, 0.3) is 0 Å². The first-order valence-electron chi connectivity index (χ1n) is 6.62. The number of benzene rings is 1. The van der Waals surface area contributed by atoms with Gasteiger partial charge in [-0.1, -0.05) is 0 Å². The molecule has 0 bridgehead atoms. The zero-order valence-electron chi connectivity index (χ0n) is 12.9. The number of aryl methyl sites for hydroxylation is 2. The average Bonchev–Trinajstić information content (AvgIpc) is 3.11. The highest BCUT2D eigenvalue weighted by Gasteiger charge is 2.05. The molecule has 0 radical (unpaired) electrons. The maximum absolute atomic E-state index is 5.60. The molecule has 0 aliphatic carbocycles. The van der Waals surface area contributed by atoms with Gasteiger partial charge in [0.15, 0.2) is 0 Å². The molecule has 0 N–H and O–H groups in total. The van der Waals surface area contributed by atoms with E-state index in [1.807, 2.05) is 32.4 Å². The summed E-state index contributed by atoms with van der Waals surface area (Å²) in [5.41, 5.74) is 0. The lowest BCUT2D eigenvalue weighted by molar-refractivity contribution is 0.398. The number of methoxy groups -OCH3 is 1. The van der Waals surface area contributed by atoms with E-state index >= 15 is 0 Å². The van der Waals surface area contributed by atoms with Gasteiger partial charge in [-0.25, -0.2) is 9.97 Å². The first kappa shape index (κ1) is 17.4. The quantitative estimate of drug-likeness (QED) is 0.666. The van der Waals surface area contributed by atoms with E-state index < -0.39 is 0 Å². The number of nitrogens with zero attached hydrogens (tertiary/aromatic N) is 4. The Bertz CT molecular complexity index is 756. The van der Waals surface area contributed by atoms with Crippen molar-refractivity contribution in [2.45, 2.75) is 0 Å². The molecule has 23 heavy (non-hydrogen) atoms. The average molecular weight is 400 g/mol. The van der Waals surface area contributed by atoms with Gasteiger partial charge in [-0.3, -0.25) is 0 Å². The van der Waals surface area contributed by atoms with Gasteiger partial charge in [0.2, 0.25) is 5.28 Å². The van der Waals surface area contributed by atoms with Crippen LogP contribution in [0, 0.1) is 0 Å². The van der Waals surface area contributed by atoms with Crippen LogP contribution in [0.15, 0.2) is 47.5 Å². The lowest BCUT2D eigenvalue weighted by Crippen LogP contribution is -1.94. The summed E-state index contributed by atoms with van der Waals surface area (Å²) in [6.07, 6.45) is 6.96. The van der Waals surface area contributed by atoms with Crippen molar-refractivity contribution in [3.8, 4) is 17.5 Å². The maximum atomic E-state index is 5.60. The van der Waals surface area contributed by atoms with E-state index in [2.05, 4.69) is 25.9 Å². The van der Waals surface area contributed by atoms with Crippen LogP contribution < -0.4 is 9.47 Å². The van der Waals surface area contributed by atoms with Gasteiger partial charge in [0, 0.05) is 44.9 Å². The molecule has 2 heterocycles. The van der Waals surface area contributed by atoms with Crippen molar-refractivity contribution in [2.75, 3.05) is 7.11 Å². The molecule has 8 heteroatoms. The van der Waals surface area contributed by atoms with Crippen LogP contribution in [0.5, 0.6) is 17.5 Å². The molecule has 0 unspecified atom stereocenters. The van der Waals surface area contributed by atoms with Gasteiger partial charge in [-0.2, -0.15) is 0 Å². The van der Waals surface area contributed by atoms with Crippen LogP contribution in [0.1, 0.15) is 0 Å². The Labute approximate surface area is 147 Å². The molecule has 0 aliphatic heterocycles. The van der Waals surface area contributed by atoms with E-state index in [4.69, 9.17) is 21.1 Å². The van der Waals surface area contributed by atoms with Crippen LogP contribution in [-0.2, 0) is 14.1 Å². The van der Waals surface area contributed by atoms with E-state index in [1.54, 1.807) is 40.9 Å². The number of ether oxygens (including phenoxy) is 2. The van der Waals surface area contributed by atoms with Crippen molar-refractivity contribution in [3.63, 3.8) is 0 Å². The van der Waals surface area contributed by atoms with Gasteiger partial charge < -0.3 is 18.6 Å². The highest BCUT2D eigenvalue weighted by Crippen LogP contribution is 2.30. The zero-order valence-corrected chi connectivity index (χ0v) is 15.2. The Kier molecular flexibility index (Phi) is 6.06. The second-order valence-electron chi connectivity index (χ2n) is 4.53. The molecule has 3 rings (SSSR count). The summed E-state index contributed by atoms with van der Waals surface area (Å²) in [6, 6.07) is 6.07. The Hall–Kier alpha value is -1.99. The minimum Gasteiger partial charge on any atom is -0.495 e. The number of rotatable bonds is 3. The molecule has 0 saturated heterocycles. The number of aromatic nitrogens is 4. The normalized spacial score (nSPS) is 9.96. The SMILES string of the molecule is COc1cc(Oc2nccn2C)ccc1Br.Cn1ccnc1Cl. The largest absolute Gasteiger partial charge is 0.495 e. The Morgan fingerprint density at radius 3 is 2.26 bits per heavy atom. The summed E-state index contributed by atoms with van der Waals surface area (Å²) < 4.78 is 15.2. The Balaban J connectivity index is 0.000000229. The van der Waals surface area contributed by atoms with Crippen molar-refractivity contribution in [2.24, 2.45) is 14.1 Å². The molecule has 0 aliphatic rings. The molecule has 0 amide bonds. The molecule has 0 spiro atoms. The topological polar surface area (TPSA) is 54.1 Å². The van der Waals surface area contributed by atoms with Crippen LogP contribution in [0.25, 0.3) is 0 Å². The van der Waals surface area contributed by atoms with E-state index in [1.165, 1.54) is 0 Å². The van der Waals surface area contributed by atoms with Gasteiger partial charge in [0.05, 0.1) is 11.6 Å². The van der Waals surface area contributed by atoms with Crippen molar-refractivity contribution < 1.29 is 9.47 Å². The standard InChI is InChI=1S/C11H11BrN2O2.C4H5ClN2/c1-14-6-5-13-11(14)16-8-3-4-9(12)10(7-8)15-2;1-7-3-2-6-4(7)5/h3-7H,1-2H3;2-3H,1H3. The predicted molar refractivity (Wildman–Crippen MR) is 92.2 cm³/mol. The van der Waals surface area contributed by atoms with Crippen molar-refractivity contribution >= 4 is 27.5 Å². The highest BCUT2D eigenvalue weighted by atomic mass is 79.9. The molecule has 0 fully saturated rings. The second-order valence-corrected chi connectivity index (χ2v) is 5.72. The maximum Gasteiger partial charge on any atom is 0.301 e. The van der Waals surface area contributed by atoms with E-state index in [0.29, 0.717) is 17.0 Å². The molecule has 2 aromatic heterocycles. The summed E-state index contributed by atoms with van der Waals surface area (Å²) in [6.45, 7) is 0. The van der Waals surface area contributed by atoms with Crippen LogP contribution in [0.4, 0.5) is 0 Å². The first-order chi connectivity index (χ1) is 11.0. The molecule has 1 aromatic carbocycles. The Morgan fingerprint density at radius 1 is 1.09 bits per heavy atom. The van der Waals surface area contributed by atoms with Crippen LogP contribution in [0.2, 0.25) is 5.28 Å². The van der Waals surface area contributed by atoms with Crippen LogP contribution >= 0.6 is 27.5 Å². The third-order valence-electron chi connectivity index (χ3n) is 2.87. The fraction of sp³-hybridized carbons (Fsp3) is 0.200. The van der Waals surface area contributed by atoms with Crippen molar-refractivity contribution in [3.05, 3.63) is 52.7 Å². The molecule has 0 atom stereocenters. The Morgan fingerprint density at radius 2 is 1.78 bits per heavy atom. The second kappa shape index (κ2) is 8.03. The van der Waals surface area contributed by atoms with E-state index in [0.717, 1.165) is 10.2 Å². The molecular formula is C15H16BrClN4O2. The number of hydrogen-bond acceptors (Lipinski definition) is 4. The summed E-state index contributed by atoms with van der Waals surface area (Å²) >= 11 is 8.86. The smallest absolute Gasteiger partial charge is 0.301 e. The third kappa shape index (κ3) is 4.74. The van der Waals surface area contributed by atoms with Crippen molar-refractivity contribution in [1.29, 1.82) is 0 Å². The summed E-state index contributed by atoms with van der Waals surface area (Å²) in [5.74, 6) is 1.42. The predicted octanol–water partition coefficient (Wildman–Crippen LogP) is 4.06. The lowest BCUT2D eigenvalue weighted by Gasteiger charge is -2.07. The van der Waals surface area contributed by atoms with Crippen LogP contribution in [0.3, 0.4) is 0 Å². The first-order valence-corrected chi connectivity index (χ1v) is 7.80. The fourth-order valence-corrected chi connectivity index (χ4v) is 2.13. The number of halogens is 2. The number of hydrogen-bond donors (Lipinski definition) is 0. The molecule has 0 saturated carbocycles. The summed E-state index contributed by atoms with van der Waals surface area (Å²) in [7, 11) is 5.33. The van der Waals surface area contributed by atoms with E-state index in [-0.39, 0.29) is 0 Å². The minimum absolute atomic E-state index is 0.528. The van der Waals surface area contributed by atoms with Gasteiger partial charge in [0.1, 0.15) is 11.5 Å². The van der Waals surface area contributed by atoms with Gasteiger partial charge in [-0.15, -0.1) is 0 Å². The minimum atomic E-state index is 0.528. The molecule has 122 valence electrons. The van der Waals surface area contributed by atoms with E-state index in [9.17, 15) is 0 Å². The van der Waals surface area contributed by atoms with Gasteiger partial charge >= 0.3 is 6.01 Å². The zero-order chi connectivity index (χ0) is 16.8. The highest BCUT2D eigenvalue weighted by molar-refractivity contribution is 9.10. The molecular weight excluding hydrogens is 384 g/mol. The monoisotopic (exact) mass is 398 g/mol. The lowest BCUT2D eigenvalue weighted by atomic mass is 10.3. The van der Waals surface area contributed by atoms with Crippen molar-refractivity contribution in [1.82, 2.24) is 19.1 Å². The summed E-state index contributed by atoms with van der Waals surface area (Å²) in [4.78, 5) is 7.82. The van der Waals surface area contributed by atoms with Crippen LogP contribution in [-0.4, -0.2) is 26.2 Å².